The number of hydrogen-bond donors (Lipinski definition) is 2. The van der Waals surface area contributed by atoms with Gasteiger partial charge in [-0.15, -0.1) is 0 Å². The summed E-state index contributed by atoms with van der Waals surface area (Å²) in [5.74, 6) is 0.426. The van der Waals surface area contributed by atoms with Crippen LogP contribution in [0.3, 0.4) is 0 Å². The van der Waals surface area contributed by atoms with Crippen LogP contribution in [-0.4, -0.2) is 34.2 Å². The first-order valence-corrected chi connectivity index (χ1v) is 8.72. The van der Waals surface area contributed by atoms with Gasteiger partial charge in [-0.25, -0.2) is 13.1 Å². The summed E-state index contributed by atoms with van der Waals surface area (Å²) in [6, 6.07) is 3.88. The van der Waals surface area contributed by atoms with Crippen LogP contribution in [0.5, 0.6) is 5.75 Å². The molecule has 1 heterocycles. The molecule has 118 valence electrons. The highest BCUT2D eigenvalue weighted by molar-refractivity contribution is 7.89. The van der Waals surface area contributed by atoms with E-state index in [0.29, 0.717) is 11.8 Å². The van der Waals surface area contributed by atoms with Crippen molar-refractivity contribution >= 4 is 10.0 Å². The van der Waals surface area contributed by atoms with Gasteiger partial charge in [0.25, 0.3) is 0 Å². The van der Waals surface area contributed by atoms with Gasteiger partial charge in [-0.3, -0.25) is 0 Å². The van der Waals surface area contributed by atoms with E-state index in [-0.39, 0.29) is 10.9 Å². The van der Waals surface area contributed by atoms with Crippen molar-refractivity contribution in [3.63, 3.8) is 0 Å². The van der Waals surface area contributed by atoms with Crippen molar-refractivity contribution in [3.05, 3.63) is 23.3 Å². The van der Waals surface area contributed by atoms with Crippen molar-refractivity contribution in [2.45, 2.75) is 50.6 Å². The number of ether oxygens (including phenoxy) is 1. The van der Waals surface area contributed by atoms with Gasteiger partial charge < -0.3 is 10.1 Å². The van der Waals surface area contributed by atoms with Crippen LogP contribution in [0.25, 0.3) is 0 Å². The Hall–Kier alpha value is -1.11. The second-order valence-electron chi connectivity index (χ2n) is 5.81. The van der Waals surface area contributed by atoms with E-state index in [1.165, 1.54) is 7.11 Å². The molecule has 1 aliphatic heterocycles. The third kappa shape index (κ3) is 3.75. The highest BCUT2D eigenvalue weighted by atomic mass is 32.2. The lowest BCUT2D eigenvalue weighted by atomic mass is 10.0. The van der Waals surface area contributed by atoms with E-state index >= 15 is 0 Å². The number of methoxy groups -OCH3 is 1. The molecule has 0 saturated carbocycles. The molecule has 21 heavy (non-hydrogen) atoms. The zero-order chi connectivity index (χ0) is 15.6. The first-order valence-electron chi connectivity index (χ1n) is 7.24. The van der Waals surface area contributed by atoms with E-state index in [0.717, 1.165) is 30.5 Å². The van der Waals surface area contributed by atoms with E-state index < -0.39 is 10.0 Å². The Morgan fingerprint density at radius 1 is 1.33 bits per heavy atom. The Labute approximate surface area is 127 Å². The molecule has 2 atom stereocenters. The van der Waals surface area contributed by atoms with Crippen LogP contribution >= 0.6 is 0 Å². The van der Waals surface area contributed by atoms with Crippen molar-refractivity contribution in [3.8, 4) is 5.75 Å². The molecule has 2 N–H and O–H groups in total. The quantitative estimate of drug-likeness (QED) is 0.888. The van der Waals surface area contributed by atoms with Crippen LogP contribution in [0, 0.1) is 13.8 Å². The molecule has 2 rings (SSSR count). The van der Waals surface area contributed by atoms with Crippen molar-refractivity contribution < 1.29 is 13.2 Å². The molecule has 2 unspecified atom stereocenters. The molecule has 0 spiro atoms. The molecular formula is C15H24N2O3S. The fraction of sp³-hybridized carbons (Fsp3) is 0.600. The molecule has 0 radical (unpaired) electrons. The van der Waals surface area contributed by atoms with Gasteiger partial charge in [0.1, 0.15) is 10.6 Å². The molecule has 1 aromatic carbocycles. The number of hydrogen-bond acceptors (Lipinski definition) is 4. The van der Waals surface area contributed by atoms with Crippen LogP contribution in [0.4, 0.5) is 0 Å². The first-order chi connectivity index (χ1) is 9.83. The predicted octanol–water partition coefficient (Wildman–Crippen LogP) is 1.73. The highest BCUT2D eigenvalue weighted by Crippen LogP contribution is 2.29. The molecule has 1 saturated heterocycles. The summed E-state index contributed by atoms with van der Waals surface area (Å²) in [5, 5.41) is 3.32. The summed E-state index contributed by atoms with van der Waals surface area (Å²) in [5.41, 5.74) is 1.74. The van der Waals surface area contributed by atoms with Gasteiger partial charge in [0.2, 0.25) is 10.0 Å². The Bertz CT molecular complexity index is 614. The lowest BCUT2D eigenvalue weighted by molar-refractivity contribution is 0.360. The monoisotopic (exact) mass is 312 g/mol. The van der Waals surface area contributed by atoms with E-state index in [1.807, 2.05) is 19.9 Å². The number of piperidine rings is 1. The highest BCUT2D eigenvalue weighted by Gasteiger charge is 2.27. The average Bonchev–Trinajstić information content (AvgIpc) is 2.37. The minimum atomic E-state index is -3.57. The maximum Gasteiger partial charge on any atom is 0.244 e. The van der Waals surface area contributed by atoms with E-state index in [2.05, 4.69) is 17.0 Å². The molecule has 0 aromatic heterocycles. The number of sulfonamides is 1. The van der Waals surface area contributed by atoms with Crippen molar-refractivity contribution in [1.82, 2.24) is 10.0 Å². The third-order valence-corrected chi connectivity index (χ3v) is 5.35. The van der Waals surface area contributed by atoms with Crippen LogP contribution < -0.4 is 14.8 Å². The standard InChI is InChI=1S/C15H24N2O3S/c1-10-7-11(2)15(20-4)14(8-10)21(18,19)17-13-5-6-16-12(3)9-13/h7-8,12-13,16-17H,5-6,9H2,1-4H3. The van der Waals surface area contributed by atoms with Crippen LogP contribution in [0.2, 0.25) is 0 Å². The zero-order valence-electron chi connectivity index (χ0n) is 13.1. The van der Waals surface area contributed by atoms with Gasteiger partial charge in [-0.2, -0.15) is 0 Å². The topological polar surface area (TPSA) is 67.4 Å². The fourth-order valence-corrected chi connectivity index (χ4v) is 4.51. The average molecular weight is 312 g/mol. The maximum absolute atomic E-state index is 12.7. The van der Waals surface area contributed by atoms with E-state index in [9.17, 15) is 8.42 Å². The Morgan fingerprint density at radius 2 is 2.05 bits per heavy atom. The molecule has 1 fully saturated rings. The van der Waals surface area contributed by atoms with Gasteiger partial charge in [0.05, 0.1) is 7.11 Å². The van der Waals surface area contributed by atoms with Crippen molar-refractivity contribution in [2.75, 3.05) is 13.7 Å². The van der Waals surface area contributed by atoms with Gasteiger partial charge in [-0.05, 0) is 57.4 Å². The molecule has 6 heteroatoms. The Kier molecular flexibility index (Phi) is 4.91. The Morgan fingerprint density at radius 3 is 2.67 bits per heavy atom. The number of aryl methyl sites for hydroxylation is 2. The fourth-order valence-electron chi connectivity index (χ4n) is 2.90. The smallest absolute Gasteiger partial charge is 0.244 e. The summed E-state index contributed by atoms with van der Waals surface area (Å²) in [4.78, 5) is 0.230. The molecule has 1 aliphatic rings. The normalized spacial score (nSPS) is 23.0. The largest absolute Gasteiger partial charge is 0.495 e. The molecule has 0 aliphatic carbocycles. The number of nitrogens with one attached hydrogen (secondary N) is 2. The summed E-state index contributed by atoms with van der Waals surface area (Å²) < 4.78 is 33.5. The summed E-state index contributed by atoms with van der Waals surface area (Å²) in [7, 11) is -2.07. The van der Waals surface area contributed by atoms with Crippen molar-refractivity contribution in [2.24, 2.45) is 0 Å². The van der Waals surface area contributed by atoms with Gasteiger partial charge in [0, 0.05) is 12.1 Å². The molecule has 1 aromatic rings. The third-order valence-electron chi connectivity index (χ3n) is 3.82. The lowest BCUT2D eigenvalue weighted by Crippen LogP contribution is -2.46. The van der Waals surface area contributed by atoms with Crippen LogP contribution in [0.1, 0.15) is 30.9 Å². The number of benzene rings is 1. The number of rotatable bonds is 4. The van der Waals surface area contributed by atoms with E-state index in [4.69, 9.17) is 4.74 Å². The molecule has 5 nitrogen and oxygen atoms in total. The minimum Gasteiger partial charge on any atom is -0.495 e. The summed E-state index contributed by atoms with van der Waals surface area (Å²) in [6.07, 6.45) is 1.60. The first kappa shape index (κ1) is 16.3. The second kappa shape index (κ2) is 6.34. The summed E-state index contributed by atoms with van der Waals surface area (Å²) in [6.45, 7) is 6.64. The van der Waals surface area contributed by atoms with Crippen LogP contribution in [0.15, 0.2) is 17.0 Å². The maximum atomic E-state index is 12.7. The zero-order valence-corrected chi connectivity index (χ0v) is 13.9. The SMILES string of the molecule is COc1c(C)cc(C)cc1S(=O)(=O)NC1CCNC(C)C1. The predicted molar refractivity (Wildman–Crippen MR) is 83.3 cm³/mol. The lowest BCUT2D eigenvalue weighted by Gasteiger charge is -2.28. The van der Waals surface area contributed by atoms with Gasteiger partial charge in [0.15, 0.2) is 0 Å². The van der Waals surface area contributed by atoms with Crippen LogP contribution in [-0.2, 0) is 10.0 Å². The second-order valence-corrected chi connectivity index (χ2v) is 7.49. The van der Waals surface area contributed by atoms with Crippen molar-refractivity contribution in [1.29, 1.82) is 0 Å². The van der Waals surface area contributed by atoms with Gasteiger partial charge in [-0.1, -0.05) is 6.07 Å². The Balaban J connectivity index is 2.31. The van der Waals surface area contributed by atoms with Gasteiger partial charge >= 0.3 is 0 Å². The molecule has 0 bridgehead atoms. The summed E-state index contributed by atoms with van der Waals surface area (Å²) >= 11 is 0. The molecule has 0 amide bonds. The minimum absolute atomic E-state index is 0.0308. The van der Waals surface area contributed by atoms with E-state index in [1.54, 1.807) is 6.07 Å². The molecular weight excluding hydrogens is 288 g/mol.